The van der Waals surface area contributed by atoms with E-state index in [0.717, 1.165) is 12.8 Å². The molecule has 2 aromatic rings. The van der Waals surface area contributed by atoms with Crippen molar-refractivity contribution in [1.82, 2.24) is 9.97 Å². The van der Waals surface area contributed by atoms with Crippen molar-refractivity contribution in [1.29, 1.82) is 0 Å². The van der Waals surface area contributed by atoms with Gasteiger partial charge in [0.05, 0.1) is 17.2 Å². The molecular weight excluding hydrogens is 368 g/mol. The van der Waals surface area contributed by atoms with Gasteiger partial charge in [-0.1, -0.05) is 12.8 Å². The molecule has 144 valence electrons. The van der Waals surface area contributed by atoms with E-state index in [1.54, 1.807) is 31.3 Å². The summed E-state index contributed by atoms with van der Waals surface area (Å²) in [7, 11) is -3.74. The second-order valence-corrected chi connectivity index (χ2v) is 8.03. The first-order valence-electron chi connectivity index (χ1n) is 8.76. The van der Waals surface area contributed by atoms with Crippen LogP contribution in [0.1, 0.15) is 38.3 Å². The van der Waals surface area contributed by atoms with E-state index in [2.05, 4.69) is 15.3 Å². The van der Waals surface area contributed by atoms with E-state index in [4.69, 9.17) is 9.88 Å². The molecule has 1 aliphatic carbocycles. The van der Waals surface area contributed by atoms with E-state index in [1.165, 1.54) is 12.1 Å². The van der Waals surface area contributed by atoms with Gasteiger partial charge in [-0.15, -0.1) is 0 Å². The molecule has 9 heteroatoms. The molecule has 0 aliphatic heterocycles. The number of ether oxygens (including phenoxy) is 1. The fourth-order valence-electron chi connectivity index (χ4n) is 3.36. The number of aromatic nitrogens is 2. The van der Waals surface area contributed by atoms with E-state index in [-0.39, 0.29) is 10.9 Å². The van der Waals surface area contributed by atoms with Crippen molar-refractivity contribution >= 4 is 27.6 Å². The number of primary sulfonamides is 1. The van der Waals surface area contributed by atoms with Gasteiger partial charge in [-0.05, 0) is 50.1 Å². The van der Waals surface area contributed by atoms with Gasteiger partial charge in [-0.2, -0.15) is 0 Å². The van der Waals surface area contributed by atoms with Gasteiger partial charge in [-0.3, -0.25) is 4.79 Å². The lowest BCUT2D eigenvalue weighted by atomic mass is 9.82. The Morgan fingerprint density at radius 2 is 1.89 bits per heavy atom. The second-order valence-electron chi connectivity index (χ2n) is 6.47. The van der Waals surface area contributed by atoms with E-state index in [1.807, 2.05) is 0 Å². The number of benzene rings is 1. The molecule has 1 fully saturated rings. The second kappa shape index (κ2) is 7.61. The van der Waals surface area contributed by atoms with Crippen LogP contribution in [0.4, 0.5) is 11.6 Å². The smallest absolute Gasteiger partial charge is 0.318 e. The Bertz CT molecular complexity index is 923. The van der Waals surface area contributed by atoms with Gasteiger partial charge < -0.3 is 10.1 Å². The molecule has 8 nitrogen and oxygen atoms in total. The number of hydrogen-bond acceptors (Lipinski definition) is 7. The molecule has 1 aromatic carbocycles. The van der Waals surface area contributed by atoms with E-state index in [9.17, 15) is 13.2 Å². The maximum absolute atomic E-state index is 12.6. The maximum atomic E-state index is 12.6. The Labute approximate surface area is 158 Å². The lowest BCUT2D eigenvalue weighted by molar-refractivity contribution is -0.150. The van der Waals surface area contributed by atoms with E-state index >= 15 is 0 Å². The summed E-state index contributed by atoms with van der Waals surface area (Å²) in [4.78, 5) is 21.3. The number of nitrogens with one attached hydrogen (secondary N) is 1. The molecular formula is C18H22N4O4S. The van der Waals surface area contributed by atoms with Crippen LogP contribution in [0.5, 0.6) is 0 Å². The standard InChI is InChI=1S/C18H22N4O4S/c1-2-26-16(23)18(10-3-4-11-18)15-9-12-20-17(22-15)21-13-5-7-14(8-6-13)27(19,24)25/h5-9,12H,2-4,10-11H2,1H3,(H2,19,24,25)(H,20,21,22). The van der Waals surface area contributed by atoms with Gasteiger partial charge in [0.15, 0.2) is 0 Å². The number of nitrogens with zero attached hydrogens (tertiary/aromatic N) is 2. The van der Waals surface area contributed by atoms with Crippen LogP contribution in [0.3, 0.4) is 0 Å². The van der Waals surface area contributed by atoms with Crippen LogP contribution >= 0.6 is 0 Å². The highest BCUT2D eigenvalue weighted by molar-refractivity contribution is 7.89. The molecule has 1 saturated carbocycles. The number of rotatable bonds is 6. The Hall–Kier alpha value is -2.52. The zero-order chi connectivity index (χ0) is 19.5. The number of sulfonamides is 1. The molecule has 0 radical (unpaired) electrons. The Morgan fingerprint density at radius 3 is 2.48 bits per heavy atom. The van der Waals surface area contributed by atoms with Crippen LogP contribution in [0.25, 0.3) is 0 Å². The van der Waals surface area contributed by atoms with Crippen LogP contribution in [0, 0.1) is 0 Å². The quantitative estimate of drug-likeness (QED) is 0.725. The minimum absolute atomic E-state index is 0.0231. The molecule has 0 unspecified atom stereocenters. The zero-order valence-electron chi connectivity index (χ0n) is 15.0. The normalized spacial score (nSPS) is 16.1. The molecule has 0 atom stereocenters. The van der Waals surface area contributed by atoms with E-state index in [0.29, 0.717) is 36.8 Å². The van der Waals surface area contributed by atoms with Gasteiger partial charge in [0.25, 0.3) is 0 Å². The third kappa shape index (κ3) is 4.09. The Morgan fingerprint density at radius 1 is 1.22 bits per heavy atom. The highest BCUT2D eigenvalue weighted by atomic mass is 32.2. The SMILES string of the molecule is CCOC(=O)C1(c2ccnc(Nc3ccc(S(N)(=O)=O)cc3)n2)CCCC1. The summed E-state index contributed by atoms with van der Waals surface area (Å²) in [6, 6.07) is 7.70. The fourth-order valence-corrected chi connectivity index (χ4v) is 3.87. The summed E-state index contributed by atoms with van der Waals surface area (Å²) < 4.78 is 28.0. The van der Waals surface area contributed by atoms with Gasteiger partial charge in [0.2, 0.25) is 16.0 Å². The van der Waals surface area contributed by atoms with Crippen molar-refractivity contribution < 1.29 is 17.9 Å². The molecule has 3 rings (SSSR count). The number of nitrogens with two attached hydrogens (primary N) is 1. The predicted octanol–water partition coefficient (Wildman–Crippen LogP) is 2.24. The molecule has 1 aromatic heterocycles. The number of carbonyl (C=O) groups is 1. The van der Waals surface area contributed by atoms with Crippen molar-refractivity contribution in [3.05, 3.63) is 42.2 Å². The lowest BCUT2D eigenvalue weighted by Crippen LogP contribution is -2.35. The Balaban J connectivity index is 1.86. The molecule has 27 heavy (non-hydrogen) atoms. The predicted molar refractivity (Wildman–Crippen MR) is 99.9 cm³/mol. The summed E-state index contributed by atoms with van der Waals surface area (Å²) in [6.07, 6.45) is 4.89. The van der Waals surface area contributed by atoms with Crippen LogP contribution in [0.2, 0.25) is 0 Å². The first kappa shape index (κ1) is 19.2. The van der Waals surface area contributed by atoms with Gasteiger partial charge in [-0.25, -0.2) is 23.5 Å². The van der Waals surface area contributed by atoms with Gasteiger partial charge >= 0.3 is 5.97 Å². The van der Waals surface area contributed by atoms with Crippen LogP contribution < -0.4 is 10.5 Å². The first-order valence-corrected chi connectivity index (χ1v) is 10.3. The highest BCUT2D eigenvalue weighted by Crippen LogP contribution is 2.41. The first-order chi connectivity index (χ1) is 12.8. The molecule has 0 spiro atoms. The van der Waals surface area contributed by atoms with Crippen LogP contribution in [-0.2, 0) is 25.0 Å². The largest absolute Gasteiger partial charge is 0.465 e. The summed E-state index contributed by atoms with van der Waals surface area (Å²) in [5.41, 5.74) is 0.514. The molecule has 3 N–H and O–H groups in total. The third-order valence-corrected chi connectivity index (χ3v) is 5.64. The third-order valence-electron chi connectivity index (χ3n) is 4.71. The number of hydrogen-bond donors (Lipinski definition) is 2. The van der Waals surface area contributed by atoms with Crippen molar-refractivity contribution in [2.45, 2.75) is 42.9 Å². The topological polar surface area (TPSA) is 124 Å². The summed E-state index contributed by atoms with van der Waals surface area (Å²) in [5.74, 6) is 0.0797. The summed E-state index contributed by atoms with van der Waals surface area (Å²) in [5, 5.41) is 8.12. The molecule has 0 amide bonds. The molecule has 0 bridgehead atoms. The highest BCUT2D eigenvalue weighted by Gasteiger charge is 2.45. The minimum atomic E-state index is -3.74. The summed E-state index contributed by atoms with van der Waals surface area (Å²) in [6.45, 7) is 2.12. The molecule has 1 heterocycles. The van der Waals surface area contributed by atoms with E-state index < -0.39 is 15.4 Å². The molecule has 0 saturated heterocycles. The van der Waals surface area contributed by atoms with Crippen molar-refractivity contribution in [3.63, 3.8) is 0 Å². The number of carbonyl (C=O) groups excluding carboxylic acids is 1. The number of esters is 1. The summed E-state index contributed by atoms with van der Waals surface area (Å²) >= 11 is 0. The van der Waals surface area contributed by atoms with Gasteiger partial charge in [0.1, 0.15) is 5.41 Å². The average Bonchev–Trinajstić information content (AvgIpc) is 3.13. The van der Waals surface area contributed by atoms with Crippen molar-refractivity contribution in [2.75, 3.05) is 11.9 Å². The van der Waals surface area contributed by atoms with Crippen molar-refractivity contribution in [2.24, 2.45) is 5.14 Å². The monoisotopic (exact) mass is 390 g/mol. The fraction of sp³-hybridized carbons (Fsp3) is 0.389. The van der Waals surface area contributed by atoms with Crippen LogP contribution in [0.15, 0.2) is 41.4 Å². The zero-order valence-corrected chi connectivity index (χ0v) is 15.8. The van der Waals surface area contributed by atoms with Crippen molar-refractivity contribution in [3.8, 4) is 0 Å². The van der Waals surface area contributed by atoms with Gasteiger partial charge in [0, 0.05) is 11.9 Å². The maximum Gasteiger partial charge on any atom is 0.318 e. The minimum Gasteiger partial charge on any atom is -0.465 e. The average molecular weight is 390 g/mol. The molecule has 1 aliphatic rings. The Kier molecular flexibility index (Phi) is 5.43. The van der Waals surface area contributed by atoms with Crippen LogP contribution in [-0.4, -0.2) is 31.0 Å². The lowest BCUT2D eigenvalue weighted by Gasteiger charge is -2.26. The number of anilines is 2.